The van der Waals surface area contributed by atoms with Crippen molar-refractivity contribution in [3.8, 4) is 0 Å². The van der Waals surface area contributed by atoms with Crippen molar-refractivity contribution in [3.05, 3.63) is 35.4 Å². The molecule has 0 bridgehead atoms. The van der Waals surface area contributed by atoms with Crippen LogP contribution < -0.4 is 5.32 Å². The van der Waals surface area contributed by atoms with Gasteiger partial charge in [-0.1, -0.05) is 0 Å². The molecule has 0 saturated heterocycles. The Morgan fingerprint density at radius 2 is 2.06 bits per heavy atom. The van der Waals surface area contributed by atoms with Gasteiger partial charge in [0, 0.05) is 18.7 Å². The van der Waals surface area contributed by atoms with Gasteiger partial charge in [-0.2, -0.15) is 0 Å². The van der Waals surface area contributed by atoms with Gasteiger partial charge in [-0.15, -0.1) is 0 Å². The molecule has 1 saturated carbocycles. The molecule has 1 aliphatic rings. The highest BCUT2D eigenvalue weighted by atomic mass is 19.1. The topological polar surface area (TPSA) is 52.5 Å². The molecule has 0 spiro atoms. The summed E-state index contributed by atoms with van der Waals surface area (Å²) in [4.78, 5) is 0. The predicted octanol–water partition coefficient (Wildman–Crippen LogP) is 1.50. The maximum Gasteiger partial charge on any atom is 0.129 e. The van der Waals surface area contributed by atoms with Crippen LogP contribution in [0.3, 0.4) is 0 Å². The second-order valence-electron chi connectivity index (χ2n) is 4.89. The fourth-order valence-corrected chi connectivity index (χ4v) is 2.08. The zero-order chi connectivity index (χ0) is 13.2. The van der Waals surface area contributed by atoms with E-state index in [2.05, 4.69) is 5.32 Å². The molecule has 0 aliphatic heterocycles. The standard InChI is InChI=1S/C13H17F2NO2/c14-9-2-3-11(15)10(6-9)12(17)7-16-8-13(18)4-1-5-13/h2-3,6,12,16-18H,1,4-5,7-8H2. The second-order valence-corrected chi connectivity index (χ2v) is 4.89. The Morgan fingerprint density at radius 3 is 2.67 bits per heavy atom. The maximum atomic E-state index is 13.4. The number of aliphatic hydroxyl groups excluding tert-OH is 1. The van der Waals surface area contributed by atoms with E-state index in [1.54, 1.807) is 0 Å². The van der Waals surface area contributed by atoms with Crippen LogP contribution in [-0.4, -0.2) is 28.9 Å². The van der Waals surface area contributed by atoms with Gasteiger partial charge in [0.2, 0.25) is 0 Å². The van der Waals surface area contributed by atoms with E-state index in [1.807, 2.05) is 0 Å². The summed E-state index contributed by atoms with van der Waals surface area (Å²) in [6.07, 6.45) is 1.36. The average molecular weight is 257 g/mol. The number of hydrogen-bond donors (Lipinski definition) is 3. The molecule has 0 radical (unpaired) electrons. The lowest BCUT2D eigenvalue weighted by atomic mass is 9.80. The minimum absolute atomic E-state index is 0.0666. The van der Waals surface area contributed by atoms with Gasteiger partial charge in [0.15, 0.2) is 0 Å². The fraction of sp³-hybridized carbons (Fsp3) is 0.538. The first-order valence-corrected chi connectivity index (χ1v) is 6.06. The molecule has 1 aromatic rings. The largest absolute Gasteiger partial charge is 0.389 e. The van der Waals surface area contributed by atoms with Crippen LogP contribution in [-0.2, 0) is 0 Å². The number of nitrogens with one attached hydrogen (secondary N) is 1. The van der Waals surface area contributed by atoms with Crippen molar-refractivity contribution in [3.63, 3.8) is 0 Å². The molecule has 0 aromatic heterocycles. The number of benzene rings is 1. The van der Waals surface area contributed by atoms with Crippen molar-refractivity contribution in [2.75, 3.05) is 13.1 Å². The van der Waals surface area contributed by atoms with Crippen LogP contribution in [0.5, 0.6) is 0 Å². The molecule has 1 unspecified atom stereocenters. The first kappa shape index (κ1) is 13.4. The Balaban J connectivity index is 1.87. The van der Waals surface area contributed by atoms with Gasteiger partial charge >= 0.3 is 0 Å². The smallest absolute Gasteiger partial charge is 0.129 e. The highest BCUT2D eigenvalue weighted by Gasteiger charge is 2.33. The summed E-state index contributed by atoms with van der Waals surface area (Å²) >= 11 is 0. The lowest BCUT2D eigenvalue weighted by Gasteiger charge is -2.37. The third kappa shape index (κ3) is 3.04. The normalized spacial score (nSPS) is 19.3. The minimum atomic E-state index is -1.12. The molecule has 18 heavy (non-hydrogen) atoms. The van der Waals surface area contributed by atoms with Crippen LogP contribution in [0, 0.1) is 11.6 Å². The fourth-order valence-electron chi connectivity index (χ4n) is 2.08. The molecule has 0 heterocycles. The van der Waals surface area contributed by atoms with E-state index in [-0.39, 0.29) is 12.1 Å². The maximum absolute atomic E-state index is 13.4. The summed E-state index contributed by atoms with van der Waals surface area (Å²) in [6.45, 7) is 0.448. The molecular weight excluding hydrogens is 240 g/mol. The number of aliphatic hydroxyl groups is 2. The zero-order valence-electron chi connectivity index (χ0n) is 10.00. The summed E-state index contributed by atoms with van der Waals surface area (Å²) in [7, 11) is 0. The first-order chi connectivity index (χ1) is 8.50. The van der Waals surface area contributed by atoms with E-state index in [1.165, 1.54) is 0 Å². The number of halogens is 2. The van der Waals surface area contributed by atoms with Crippen LogP contribution in [0.4, 0.5) is 8.78 Å². The van der Waals surface area contributed by atoms with Crippen molar-refractivity contribution in [1.82, 2.24) is 5.32 Å². The monoisotopic (exact) mass is 257 g/mol. The van der Waals surface area contributed by atoms with E-state index in [0.29, 0.717) is 6.54 Å². The van der Waals surface area contributed by atoms with Crippen molar-refractivity contribution in [2.45, 2.75) is 31.0 Å². The first-order valence-electron chi connectivity index (χ1n) is 6.06. The van der Waals surface area contributed by atoms with Crippen LogP contribution in [0.2, 0.25) is 0 Å². The summed E-state index contributed by atoms with van der Waals surface area (Å²) < 4.78 is 26.3. The van der Waals surface area contributed by atoms with Crippen LogP contribution in [0.15, 0.2) is 18.2 Å². The SMILES string of the molecule is OC(CNCC1(O)CCC1)c1cc(F)ccc1F. The lowest BCUT2D eigenvalue weighted by Crippen LogP contribution is -2.47. The zero-order valence-corrected chi connectivity index (χ0v) is 10.00. The third-order valence-corrected chi connectivity index (χ3v) is 3.39. The lowest BCUT2D eigenvalue weighted by molar-refractivity contribution is -0.0328. The average Bonchev–Trinajstić information content (AvgIpc) is 2.30. The summed E-state index contributed by atoms with van der Waals surface area (Å²) in [5.41, 5.74) is -0.761. The number of hydrogen-bond acceptors (Lipinski definition) is 3. The van der Waals surface area contributed by atoms with Gasteiger partial charge in [-0.3, -0.25) is 0 Å². The molecule has 3 nitrogen and oxygen atoms in total. The van der Waals surface area contributed by atoms with E-state index in [4.69, 9.17) is 0 Å². The third-order valence-electron chi connectivity index (χ3n) is 3.39. The Labute approximate surface area is 104 Å². The Kier molecular flexibility index (Phi) is 3.94. The molecule has 1 aliphatic carbocycles. The van der Waals surface area contributed by atoms with Crippen LogP contribution >= 0.6 is 0 Å². The van der Waals surface area contributed by atoms with Crippen molar-refractivity contribution in [2.24, 2.45) is 0 Å². The molecule has 0 amide bonds. The second kappa shape index (κ2) is 5.30. The number of rotatable bonds is 5. The van der Waals surface area contributed by atoms with Gasteiger partial charge in [-0.05, 0) is 37.5 Å². The molecule has 1 fully saturated rings. The Bertz CT molecular complexity index is 421. The van der Waals surface area contributed by atoms with Gasteiger partial charge < -0.3 is 15.5 Å². The molecule has 100 valence electrons. The van der Waals surface area contributed by atoms with Gasteiger partial charge in [0.25, 0.3) is 0 Å². The van der Waals surface area contributed by atoms with Gasteiger partial charge in [0.1, 0.15) is 11.6 Å². The van der Waals surface area contributed by atoms with Gasteiger partial charge in [-0.25, -0.2) is 8.78 Å². The molecule has 1 atom stereocenters. The quantitative estimate of drug-likeness (QED) is 0.749. The molecule has 2 rings (SSSR count). The molecule has 3 N–H and O–H groups in total. The van der Waals surface area contributed by atoms with Crippen LogP contribution in [0.25, 0.3) is 0 Å². The Morgan fingerprint density at radius 1 is 1.33 bits per heavy atom. The predicted molar refractivity (Wildman–Crippen MR) is 63.0 cm³/mol. The minimum Gasteiger partial charge on any atom is -0.389 e. The van der Waals surface area contributed by atoms with Crippen molar-refractivity contribution < 1.29 is 19.0 Å². The Hall–Kier alpha value is -1.04. The summed E-state index contributed by atoms with van der Waals surface area (Å²) in [5, 5.41) is 22.5. The highest BCUT2D eigenvalue weighted by Crippen LogP contribution is 2.30. The highest BCUT2D eigenvalue weighted by molar-refractivity contribution is 5.21. The van der Waals surface area contributed by atoms with Crippen molar-refractivity contribution in [1.29, 1.82) is 0 Å². The summed E-state index contributed by atoms with van der Waals surface area (Å²) in [5.74, 6) is -1.21. The van der Waals surface area contributed by atoms with E-state index in [0.717, 1.165) is 37.5 Å². The molecular formula is C13H17F2NO2. The molecule has 1 aromatic carbocycles. The van der Waals surface area contributed by atoms with E-state index in [9.17, 15) is 19.0 Å². The van der Waals surface area contributed by atoms with Gasteiger partial charge in [0.05, 0.1) is 11.7 Å². The van der Waals surface area contributed by atoms with E-state index < -0.39 is 23.3 Å². The van der Waals surface area contributed by atoms with Crippen molar-refractivity contribution >= 4 is 0 Å². The molecule has 5 heteroatoms. The summed E-state index contributed by atoms with van der Waals surface area (Å²) in [6, 6.07) is 2.99. The van der Waals surface area contributed by atoms with E-state index >= 15 is 0 Å². The van der Waals surface area contributed by atoms with Crippen LogP contribution in [0.1, 0.15) is 30.9 Å².